The highest BCUT2D eigenvalue weighted by atomic mass is 16.4. The minimum absolute atomic E-state index is 0.0972. The van der Waals surface area contributed by atoms with E-state index in [0.717, 1.165) is 0 Å². The number of benzene rings is 2. The summed E-state index contributed by atoms with van der Waals surface area (Å²) in [5, 5.41) is 12.2. The van der Waals surface area contributed by atoms with Gasteiger partial charge in [-0.05, 0) is 29.8 Å². The SMILES string of the molecule is O=C(O)c1cccc(Cn2[nH]c(=O)c3ccccc3c2=O)c1. The molecule has 2 N–H and O–H groups in total. The zero-order valence-electron chi connectivity index (χ0n) is 11.4. The van der Waals surface area contributed by atoms with Gasteiger partial charge in [0.2, 0.25) is 0 Å². The highest BCUT2D eigenvalue weighted by Crippen LogP contribution is 2.07. The molecule has 0 spiro atoms. The first kappa shape index (κ1) is 13.8. The van der Waals surface area contributed by atoms with Crippen molar-refractivity contribution in [2.75, 3.05) is 0 Å². The number of aromatic carboxylic acids is 1. The molecule has 0 amide bonds. The van der Waals surface area contributed by atoms with Crippen molar-refractivity contribution in [2.45, 2.75) is 6.54 Å². The highest BCUT2D eigenvalue weighted by Gasteiger charge is 2.08. The average Bonchev–Trinajstić information content (AvgIpc) is 2.52. The van der Waals surface area contributed by atoms with Crippen LogP contribution in [0.15, 0.2) is 58.1 Å². The summed E-state index contributed by atoms with van der Waals surface area (Å²) >= 11 is 0. The maximum absolute atomic E-state index is 12.4. The molecule has 3 aromatic rings. The largest absolute Gasteiger partial charge is 0.478 e. The van der Waals surface area contributed by atoms with Gasteiger partial charge in [0.1, 0.15) is 0 Å². The zero-order chi connectivity index (χ0) is 15.7. The van der Waals surface area contributed by atoms with Gasteiger partial charge >= 0.3 is 5.97 Å². The van der Waals surface area contributed by atoms with Gasteiger partial charge in [0.05, 0.1) is 22.9 Å². The molecule has 0 bridgehead atoms. The van der Waals surface area contributed by atoms with Crippen molar-refractivity contribution in [3.05, 3.63) is 80.4 Å². The maximum atomic E-state index is 12.4. The third kappa shape index (κ3) is 2.42. The quantitative estimate of drug-likeness (QED) is 0.765. The van der Waals surface area contributed by atoms with E-state index in [1.54, 1.807) is 36.4 Å². The molecule has 6 heteroatoms. The van der Waals surface area contributed by atoms with Gasteiger partial charge in [-0.15, -0.1) is 0 Å². The van der Waals surface area contributed by atoms with Crippen LogP contribution >= 0.6 is 0 Å². The first-order valence-electron chi connectivity index (χ1n) is 6.60. The molecule has 0 aliphatic rings. The van der Waals surface area contributed by atoms with Gasteiger partial charge in [-0.1, -0.05) is 24.3 Å². The number of aromatic nitrogens is 2. The van der Waals surface area contributed by atoms with E-state index in [0.29, 0.717) is 16.3 Å². The fourth-order valence-electron chi connectivity index (χ4n) is 2.34. The van der Waals surface area contributed by atoms with E-state index in [9.17, 15) is 14.4 Å². The Morgan fingerprint density at radius 3 is 2.50 bits per heavy atom. The van der Waals surface area contributed by atoms with Crippen molar-refractivity contribution in [3.8, 4) is 0 Å². The minimum Gasteiger partial charge on any atom is -0.478 e. The van der Waals surface area contributed by atoms with Crippen LogP contribution in [0.4, 0.5) is 0 Å². The van der Waals surface area contributed by atoms with Crippen molar-refractivity contribution < 1.29 is 9.90 Å². The van der Waals surface area contributed by atoms with Gasteiger partial charge in [0, 0.05) is 0 Å². The number of carboxylic acid groups (broad SMARTS) is 1. The second kappa shape index (κ2) is 5.33. The smallest absolute Gasteiger partial charge is 0.335 e. The van der Waals surface area contributed by atoms with E-state index in [4.69, 9.17) is 5.11 Å². The summed E-state index contributed by atoms with van der Waals surface area (Å²) in [6.07, 6.45) is 0. The van der Waals surface area contributed by atoms with Crippen LogP contribution in [0, 0.1) is 0 Å². The molecule has 0 radical (unpaired) electrons. The number of rotatable bonds is 3. The number of aromatic amines is 1. The molecule has 6 nitrogen and oxygen atoms in total. The van der Waals surface area contributed by atoms with Crippen molar-refractivity contribution in [2.24, 2.45) is 0 Å². The van der Waals surface area contributed by atoms with E-state index < -0.39 is 5.97 Å². The predicted molar refractivity (Wildman–Crippen MR) is 81.3 cm³/mol. The molecule has 0 aliphatic heterocycles. The summed E-state index contributed by atoms with van der Waals surface area (Å²) < 4.78 is 1.19. The lowest BCUT2D eigenvalue weighted by molar-refractivity contribution is 0.0696. The number of H-pyrrole nitrogens is 1. The fraction of sp³-hybridized carbons (Fsp3) is 0.0625. The van der Waals surface area contributed by atoms with Gasteiger partial charge in [0.15, 0.2) is 0 Å². The summed E-state index contributed by atoms with van der Waals surface area (Å²) in [5.74, 6) is -1.04. The average molecular weight is 296 g/mol. The van der Waals surface area contributed by atoms with Crippen LogP contribution in [0.3, 0.4) is 0 Å². The molecule has 1 heterocycles. The highest BCUT2D eigenvalue weighted by molar-refractivity contribution is 5.87. The van der Waals surface area contributed by atoms with E-state index in [1.807, 2.05) is 0 Å². The van der Waals surface area contributed by atoms with Crippen LogP contribution in [0.1, 0.15) is 15.9 Å². The van der Waals surface area contributed by atoms with Crippen LogP contribution in [-0.2, 0) is 6.54 Å². The lowest BCUT2D eigenvalue weighted by Gasteiger charge is -2.08. The molecular weight excluding hydrogens is 284 g/mol. The fourth-order valence-corrected chi connectivity index (χ4v) is 2.34. The molecule has 0 saturated carbocycles. The Balaban J connectivity index is 2.10. The second-order valence-electron chi connectivity index (χ2n) is 4.88. The van der Waals surface area contributed by atoms with Crippen LogP contribution in [0.5, 0.6) is 0 Å². The molecule has 110 valence electrons. The van der Waals surface area contributed by atoms with E-state index in [1.165, 1.54) is 16.8 Å². The third-order valence-electron chi connectivity index (χ3n) is 3.40. The number of hydrogen-bond donors (Lipinski definition) is 2. The standard InChI is InChI=1S/C16H12N2O4/c19-14-12-6-1-2-7-13(12)15(20)18(17-14)9-10-4-3-5-11(8-10)16(21)22/h1-8H,9H2,(H,17,19)(H,21,22). The van der Waals surface area contributed by atoms with Gasteiger partial charge in [-0.2, -0.15) is 0 Å². The van der Waals surface area contributed by atoms with Gasteiger partial charge < -0.3 is 5.11 Å². The number of carboxylic acids is 1. The molecule has 2 aromatic carbocycles. The summed E-state index contributed by atoms with van der Waals surface area (Å²) in [4.78, 5) is 35.4. The van der Waals surface area contributed by atoms with E-state index >= 15 is 0 Å². The molecule has 0 aliphatic carbocycles. The maximum Gasteiger partial charge on any atom is 0.335 e. The monoisotopic (exact) mass is 296 g/mol. The normalized spacial score (nSPS) is 10.7. The zero-order valence-corrected chi connectivity index (χ0v) is 11.4. The van der Waals surface area contributed by atoms with Crippen LogP contribution in [-0.4, -0.2) is 20.9 Å². The number of fused-ring (bicyclic) bond motifs is 1. The molecule has 0 atom stereocenters. The number of hydrogen-bond acceptors (Lipinski definition) is 3. The summed E-state index contributed by atoms with van der Waals surface area (Å²) in [6.45, 7) is 0.0972. The first-order valence-corrected chi connectivity index (χ1v) is 6.60. The molecule has 0 unspecified atom stereocenters. The van der Waals surface area contributed by atoms with Crippen LogP contribution in [0.2, 0.25) is 0 Å². The second-order valence-corrected chi connectivity index (χ2v) is 4.88. The molecular formula is C16H12N2O4. The Kier molecular flexibility index (Phi) is 3.34. The molecule has 3 rings (SSSR count). The lowest BCUT2D eigenvalue weighted by atomic mass is 10.1. The van der Waals surface area contributed by atoms with Gasteiger partial charge in [0.25, 0.3) is 11.1 Å². The van der Waals surface area contributed by atoms with Crippen LogP contribution < -0.4 is 11.1 Å². The van der Waals surface area contributed by atoms with Crippen molar-refractivity contribution >= 4 is 16.7 Å². The Morgan fingerprint density at radius 2 is 1.77 bits per heavy atom. The molecule has 22 heavy (non-hydrogen) atoms. The Labute approximate surface area is 124 Å². The molecule has 0 fully saturated rings. The number of nitrogens with zero attached hydrogens (tertiary/aromatic N) is 1. The van der Waals surface area contributed by atoms with Crippen LogP contribution in [0.25, 0.3) is 10.8 Å². The minimum atomic E-state index is -1.04. The number of carbonyl (C=O) groups is 1. The van der Waals surface area contributed by atoms with E-state index in [-0.39, 0.29) is 23.2 Å². The van der Waals surface area contributed by atoms with Crippen molar-refractivity contribution in [3.63, 3.8) is 0 Å². The van der Waals surface area contributed by atoms with Gasteiger partial charge in [-0.25, -0.2) is 9.48 Å². The molecule has 1 aromatic heterocycles. The van der Waals surface area contributed by atoms with Gasteiger partial charge in [-0.3, -0.25) is 14.7 Å². The topological polar surface area (TPSA) is 92.2 Å². The Hall–Kier alpha value is -3.15. The first-order chi connectivity index (χ1) is 10.6. The van der Waals surface area contributed by atoms with Crippen molar-refractivity contribution in [1.29, 1.82) is 0 Å². The summed E-state index contributed by atoms with van der Waals surface area (Å²) in [5.41, 5.74) is 0.0714. The molecule has 0 saturated heterocycles. The predicted octanol–water partition coefficient (Wildman–Crippen LogP) is 1.44. The Morgan fingerprint density at radius 1 is 1.05 bits per heavy atom. The summed E-state index contributed by atoms with van der Waals surface area (Å²) in [7, 11) is 0. The van der Waals surface area contributed by atoms with Crippen molar-refractivity contribution in [1.82, 2.24) is 9.78 Å². The Bertz CT molecular complexity index is 985. The summed E-state index contributed by atoms with van der Waals surface area (Å²) in [6, 6.07) is 12.8. The lowest BCUT2D eigenvalue weighted by Crippen LogP contribution is -2.30. The van der Waals surface area contributed by atoms with E-state index in [2.05, 4.69) is 5.10 Å². The number of nitrogens with one attached hydrogen (secondary N) is 1. The third-order valence-corrected chi connectivity index (χ3v) is 3.40.